The molecule has 128 valence electrons. The first-order valence-corrected chi connectivity index (χ1v) is 8.51. The van der Waals surface area contributed by atoms with Gasteiger partial charge in [0, 0.05) is 30.6 Å². The second kappa shape index (κ2) is 8.06. The first kappa shape index (κ1) is 16.6. The Bertz CT molecular complexity index is 657. The highest BCUT2D eigenvalue weighted by molar-refractivity contribution is 5.93. The van der Waals surface area contributed by atoms with Gasteiger partial charge in [-0.25, -0.2) is 0 Å². The Hall–Kier alpha value is -2.21. The van der Waals surface area contributed by atoms with Crippen LogP contribution in [-0.2, 0) is 4.74 Å². The predicted molar refractivity (Wildman–Crippen MR) is 89.4 cm³/mol. The van der Waals surface area contributed by atoms with E-state index in [1.54, 1.807) is 24.5 Å². The summed E-state index contributed by atoms with van der Waals surface area (Å²) in [6.45, 7) is 3.23. The topological polar surface area (TPSA) is 77.2 Å². The number of hydrogen-bond donors (Lipinski definition) is 1. The summed E-state index contributed by atoms with van der Waals surface area (Å²) in [5, 5.41) is 6.63. The van der Waals surface area contributed by atoms with E-state index in [0.717, 1.165) is 12.0 Å². The zero-order valence-electron chi connectivity index (χ0n) is 13.9. The lowest BCUT2D eigenvalue weighted by atomic mass is 9.88. The summed E-state index contributed by atoms with van der Waals surface area (Å²) in [6, 6.07) is 5.28. The number of ether oxygens (including phenoxy) is 1. The Morgan fingerprint density at radius 1 is 1.42 bits per heavy atom. The standard InChI is InChI=1S/C18H23N3O3/c1-13-5-2-3-7-16(13)23-10-9-20-18(22)15-11-17(24-21-15)14-6-4-8-19-12-14/h4,6,8,11-13,16H,2-3,5,7,9-10H2,1H3,(H,20,22)/t13-,16-/m0/s1. The lowest BCUT2D eigenvalue weighted by molar-refractivity contribution is -0.00296. The summed E-state index contributed by atoms with van der Waals surface area (Å²) >= 11 is 0. The molecule has 2 aromatic rings. The van der Waals surface area contributed by atoms with Crippen LogP contribution in [0.4, 0.5) is 0 Å². The van der Waals surface area contributed by atoms with E-state index in [1.165, 1.54) is 19.3 Å². The van der Waals surface area contributed by atoms with E-state index in [9.17, 15) is 4.79 Å². The van der Waals surface area contributed by atoms with Crippen LogP contribution in [0.2, 0.25) is 0 Å². The molecule has 2 atom stereocenters. The van der Waals surface area contributed by atoms with Crippen LogP contribution < -0.4 is 5.32 Å². The van der Waals surface area contributed by atoms with Gasteiger partial charge in [0.05, 0.1) is 12.7 Å². The van der Waals surface area contributed by atoms with Crippen molar-refractivity contribution < 1.29 is 14.1 Å². The number of nitrogens with one attached hydrogen (secondary N) is 1. The molecular weight excluding hydrogens is 306 g/mol. The molecule has 0 unspecified atom stereocenters. The van der Waals surface area contributed by atoms with Crippen molar-refractivity contribution in [3.63, 3.8) is 0 Å². The smallest absolute Gasteiger partial charge is 0.273 e. The largest absolute Gasteiger partial charge is 0.376 e. The van der Waals surface area contributed by atoms with Crippen LogP contribution in [-0.4, -0.2) is 35.3 Å². The first-order chi connectivity index (χ1) is 11.7. The van der Waals surface area contributed by atoms with Gasteiger partial charge in [-0.15, -0.1) is 0 Å². The minimum absolute atomic E-state index is 0.255. The van der Waals surface area contributed by atoms with Crippen molar-refractivity contribution in [2.45, 2.75) is 38.7 Å². The quantitative estimate of drug-likeness (QED) is 0.824. The molecule has 0 saturated heterocycles. The number of amides is 1. The van der Waals surface area contributed by atoms with Gasteiger partial charge in [-0.1, -0.05) is 24.9 Å². The fourth-order valence-corrected chi connectivity index (χ4v) is 3.02. The molecule has 0 bridgehead atoms. The third kappa shape index (κ3) is 4.20. The number of hydrogen-bond acceptors (Lipinski definition) is 5. The Morgan fingerprint density at radius 2 is 2.29 bits per heavy atom. The van der Waals surface area contributed by atoms with Gasteiger partial charge >= 0.3 is 0 Å². The van der Waals surface area contributed by atoms with Crippen LogP contribution in [0.25, 0.3) is 11.3 Å². The molecule has 1 aliphatic rings. The fraction of sp³-hybridized carbons (Fsp3) is 0.500. The summed E-state index contributed by atoms with van der Waals surface area (Å²) < 4.78 is 11.1. The zero-order valence-corrected chi connectivity index (χ0v) is 13.9. The van der Waals surface area contributed by atoms with Gasteiger partial charge in [0.1, 0.15) is 0 Å². The van der Waals surface area contributed by atoms with Gasteiger partial charge < -0.3 is 14.6 Å². The normalized spacial score (nSPS) is 20.7. The van der Waals surface area contributed by atoms with E-state index in [2.05, 4.69) is 22.4 Å². The average Bonchev–Trinajstić information content (AvgIpc) is 3.11. The SMILES string of the molecule is C[C@H]1CCCC[C@@H]1OCCNC(=O)c1cc(-c2cccnc2)on1. The van der Waals surface area contributed by atoms with Crippen LogP contribution in [0.1, 0.15) is 43.1 Å². The summed E-state index contributed by atoms with van der Waals surface area (Å²) in [6.07, 6.45) is 8.54. The van der Waals surface area contributed by atoms with Crippen LogP contribution in [0.3, 0.4) is 0 Å². The zero-order chi connectivity index (χ0) is 16.8. The number of pyridine rings is 1. The van der Waals surface area contributed by atoms with Crippen molar-refractivity contribution in [3.8, 4) is 11.3 Å². The van der Waals surface area contributed by atoms with Gasteiger partial charge in [0.2, 0.25) is 0 Å². The van der Waals surface area contributed by atoms with E-state index < -0.39 is 0 Å². The molecule has 1 amide bonds. The van der Waals surface area contributed by atoms with Gasteiger partial charge in [-0.2, -0.15) is 0 Å². The second-order valence-electron chi connectivity index (χ2n) is 6.24. The van der Waals surface area contributed by atoms with Crippen molar-refractivity contribution in [2.24, 2.45) is 5.92 Å². The average molecular weight is 329 g/mol. The Kier molecular flexibility index (Phi) is 5.59. The van der Waals surface area contributed by atoms with Gasteiger partial charge in [0.25, 0.3) is 5.91 Å². The van der Waals surface area contributed by atoms with Crippen LogP contribution >= 0.6 is 0 Å². The Labute approximate surface area is 141 Å². The molecule has 2 heterocycles. The molecule has 0 radical (unpaired) electrons. The highest BCUT2D eigenvalue weighted by Gasteiger charge is 2.21. The van der Waals surface area contributed by atoms with Gasteiger partial charge in [-0.05, 0) is 30.9 Å². The van der Waals surface area contributed by atoms with Gasteiger partial charge in [0.15, 0.2) is 11.5 Å². The fourth-order valence-electron chi connectivity index (χ4n) is 3.02. The van der Waals surface area contributed by atoms with Crippen LogP contribution in [0.15, 0.2) is 35.1 Å². The van der Waals surface area contributed by atoms with E-state index in [1.807, 2.05) is 6.07 Å². The highest BCUT2D eigenvalue weighted by Crippen LogP contribution is 2.26. The van der Waals surface area contributed by atoms with E-state index in [-0.39, 0.29) is 11.6 Å². The second-order valence-corrected chi connectivity index (χ2v) is 6.24. The van der Waals surface area contributed by atoms with Crippen molar-refractivity contribution >= 4 is 5.91 Å². The third-order valence-electron chi connectivity index (χ3n) is 4.44. The minimum Gasteiger partial charge on any atom is -0.376 e. The maximum absolute atomic E-state index is 12.1. The molecule has 24 heavy (non-hydrogen) atoms. The van der Waals surface area contributed by atoms with Crippen molar-refractivity contribution in [2.75, 3.05) is 13.2 Å². The van der Waals surface area contributed by atoms with E-state index in [4.69, 9.17) is 9.26 Å². The molecular formula is C18H23N3O3. The molecule has 0 spiro atoms. The predicted octanol–water partition coefficient (Wildman–Crippen LogP) is 3.06. The first-order valence-electron chi connectivity index (χ1n) is 8.51. The van der Waals surface area contributed by atoms with Crippen LogP contribution in [0.5, 0.6) is 0 Å². The highest BCUT2D eigenvalue weighted by atomic mass is 16.5. The number of carbonyl (C=O) groups is 1. The molecule has 3 rings (SSSR count). The number of rotatable bonds is 6. The van der Waals surface area contributed by atoms with Crippen molar-refractivity contribution in [3.05, 3.63) is 36.3 Å². The molecule has 1 fully saturated rings. The number of nitrogens with zero attached hydrogens (tertiary/aromatic N) is 2. The molecule has 0 aliphatic heterocycles. The third-order valence-corrected chi connectivity index (χ3v) is 4.44. The molecule has 6 heteroatoms. The Balaban J connectivity index is 1.45. The molecule has 1 N–H and O–H groups in total. The Morgan fingerprint density at radius 3 is 3.08 bits per heavy atom. The molecule has 0 aromatic carbocycles. The van der Waals surface area contributed by atoms with Crippen LogP contribution in [0, 0.1) is 5.92 Å². The number of aromatic nitrogens is 2. The summed E-state index contributed by atoms with van der Waals surface area (Å²) in [5.41, 5.74) is 1.05. The monoisotopic (exact) mass is 329 g/mol. The van der Waals surface area contributed by atoms with Gasteiger partial charge in [-0.3, -0.25) is 9.78 Å². The summed E-state index contributed by atoms with van der Waals surface area (Å²) in [7, 11) is 0. The van der Waals surface area contributed by atoms with E-state index >= 15 is 0 Å². The molecule has 1 aliphatic carbocycles. The lowest BCUT2D eigenvalue weighted by Gasteiger charge is -2.28. The summed E-state index contributed by atoms with van der Waals surface area (Å²) in [5.74, 6) is 0.877. The van der Waals surface area contributed by atoms with Crippen molar-refractivity contribution in [1.82, 2.24) is 15.5 Å². The van der Waals surface area contributed by atoms with E-state index in [0.29, 0.717) is 30.9 Å². The molecule has 2 aromatic heterocycles. The minimum atomic E-state index is -0.255. The maximum atomic E-state index is 12.1. The number of carbonyl (C=O) groups excluding carboxylic acids is 1. The molecule has 1 saturated carbocycles. The lowest BCUT2D eigenvalue weighted by Crippen LogP contribution is -2.31. The van der Waals surface area contributed by atoms with Crippen molar-refractivity contribution in [1.29, 1.82) is 0 Å². The molecule has 6 nitrogen and oxygen atoms in total. The summed E-state index contributed by atoms with van der Waals surface area (Å²) in [4.78, 5) is 16.1. The maximum Gasteiger partial charge on any atom is 0.273 e.